The standard InChI is InChI=1S/C74H124O6/c1-4-7-10-13-16-19-22-24-26-28-30-32-34-36-37-39-40-42-44-46-48-50-52-55-58-61-64-67-73(76)79-70-71(69-78-72(75)66-63-60-57-54-21-18-15-12-9-6-3)80-74(77)68-65-62-59-56-53-51-49-47-45-43-41-38-35-33-31-29-27-25-23-20-17-14-11-8-5-2/h7-8,10-12,15-17,19-20,24-27,30-33,38,41,71H,4-6,9,13-14,18,21-23,28-29,34-37,39-40,42-70H2,1-3H3/b10-7-,11-8-,15-12-,19-16-,20-17-,26-24-,27-25-,32-30-,33-31-,41-38-. The van der Waals surface area contributed by atoms with Crippen LogP contribution in [-0.2, 0) is 28.6 Å². The predicted molar refractivity (Wildman–Crippen MR) is 348 cm³/mol. The van der Waals surface area contributed by atoms with Gasteiger partial charge in [-0.25, -0.2) is 0 Å². The average molecular weight is 1110 g/mol. The molecule has 0 heterocycles. The van der Waals surface area contributed by atoms with Crippen LogP contribution in [0.4, 0.5) is 0 Å². The summed E-state index contributed by atoms with van der Waals surface area (Å²) < 4.78 is 16.9. The molecule has 0 aliphatic rings. The Bertz CT molecular complexity index is 1650. The summed E-state index contributed by atoms with van der Waals surface area (Å²) in [4.78, 5) is 38.3. The van der Waals surface area contributed by atoms with Crippen molar-refractivity contribution in [3.8, 4) is 0 Å². The molecule has 0 rings (SSSR count). The molecule has 0 aliphatic carbocycles. The first-order valence-electron chi connectivity index (χ1n) is 33.5. The largest absolute Gasteiger partial charge is 0.462 e. The van der Waals surface area contributed by atoms with Gasteiger partial charge in [-0.05, 0) is 122 Å². The molecule has 0 saturated heterocycles. The zero-order chi connectivity index (χ0) is 57.8. The molecular formula is C74H124O6. The van der Waals surface area contributed by atoms with Crippen molar-refractivity contribution in [3.63, 3.8) is 0 Å². The van der Waals surface area contributed by atoms with Crippen molar-refractivity contribution in [3.05, 3.63) is 122 Å². The molecule has 0 spiro atoms. The molecule has 456 valence electrons. The summed E-state index contributed by atoms with van der Waals surface area (Å²) in [7, 11) is 0. The average Bonchev–Trinajstić information content (AvgIpc) is 3.46. The van der Waals surface area contributed by atoms with Crippen molar-refractivity contribution >= 4 is 17.9 Å². The number of hydrogen-bond donors (Lipinski definition) is 0. The van der Waals surface area contributed by atoms with Crippen molar-refractivity contribution in [1.29, 1.82) is 0 Å². The molecule has 0 amide bonds. The highest BCUT2D eigenvalue weighted by Gasteiger charge is 2.19. The van der Waals surface area contributed by atoms with Crippen molar-refractivity contribution in [2.24, 2.45) is 0 Å². The van der Waals surface area contributed by atoms with Crippen molar-refractivity contribution in [2.75, 3.05) is 13.2 Å². The van der Waals surface area contributed by atoms with Gasteiger partial charge in [-0.15, -0.1) is 0 Å². The van der Waals surface area contributed by atoms with Crippen LogP contribution in [0.2, 0.25) is 0 Å². The van der Waals surface area contributed by atoms with E-state index in [0.717, 1.165) is 135 Å². The second-order valence-electron chi connectivity index (χ2n) is 22.0. The maximum atomic E-state index is 12.9. The van der Waals surface area contributed by atoms with E-state index in [2.05, 4.69) is 142 Å². The van der Waals surface area contributed by atoms with Crippen LogP contribution in [-0.4, -0.2) is 37.2 Å². The number of unbranched alkanes of at least 4 members (excludes halogenated alkanes) is 29. The number of ether oxygens (including phenoxy) is 3. The topological polar surface area (TPSA) is 78.9 Å². The van der Waals surface area contributed by atoms with E-state index in [9.17, 15) is 14.4 Å². The van der Waals surface area contributed by atoms with E-state index in [4.69, 9.17) is 14.2 Å². The minimum absolute atomic E-state index is 0.0838. The van der Waals surface area contributed by atoms with Crippen LogP contribution in [0.3, 0.4) is 0 Å². The molecule has 1 atom stereocenters. The van der Waals surface area contributed by atoms with Gasteiger partial charge in [0.2, 0.25) is 0 Å². The Balaban J connectivity index is 4.23. The van der Waals surface area contributed by atoms with Crippen molar-refractivity contribution < 1.29 is 28.6 Å². The number of rotatable bonds is 60. The SMILES string of the molecule is CC/C=C\C/C=C\C/C=C\C/C=C\C/C=C\CCCCCCCCCCCC(=O)OC(COC(=O)CCCCCCC/C=C\CCC)COC(=O)CCCCCCCCCCCCCCCC/C=C\C/C=C\C/C=C\C/C=C\CC. The molecule has 0 saturated carbocycles. The van der Waals surface area contributed by atoms with Crippen molar-refractivity contribution in [1.82, 2.24) is 0 Å². The van der Waals surface area contributed by atoms with E-state index >= 15 is 0 Å². The number of carbonyl (C=O) groups is 3. The number of carbonyl (C=O) groups excluding carboxylic acids is 3. The molecule has 0 aromatic rings. The Labute approximate surface area is 494 Å². The molecule has 0 radical (unpaired) electrons. The van der Waals surface area contributed by atoms with Gasteiger partial charge < -0.3 is 14.2 Å². The van der Waals surface area contributed by atoms with E-state index in [1.807, 2.05) is 0 Å². The first-order chi connectivity index (χ1) is 39.5. The fourth-order valence-electron chi connectivity index (χ4n) is 9.23. The van der Waals surface area contributed by atoms with Gasteiger partial charge in [0.25, 0.3) is 0 Å². The first-order valence-corrected chi connectivity index (χ1v) is 33.5. The molecule has 0 fully saturated rings. The fraction of sp³-hybridized carbons (Fsp3) is 0.689. The quantitative estimate of drug-likeness (QED) is 0.0261. The van der Waals surface area contributed by atoms with Gasteiger partial charge in [-0.1, -0.05) is 290 Å². The Hall–Kier alpha value is -4.19. The maximum Gasteiger partial charge on any atom is 0.306 e. The Kier molecular flexibility index (Phi) is 63.8. The van der Waals surface area contributed by atoms with Crippen LogP contribution >= 0.6 is 0 Å². The Morgan fingerprint density at radius 1 is 0.263 bits per heavy atom. The molecule has 80 heavy (non-hydrogen) atoms. The van der Waals surface area contributed by atoms with E-state index in [0.29, 0.717) is 19.3 Å². The summed E-state index contributed by atoms with van der Waals surface area (Å²) >= 11 is 0. The summed E-state index contributed by atoms with van der Waals surface area (Å²) in [5.41, 5.74) is 0. The van der Waals surface area contributed by atoms with Gasteiger partial charge in [-0.2, -0.15) is 0 Å². The monoisotopic (exact) mass is 1110 g/mol. The van der Waals surface area contributed by atoms with E-state index in [1.54, 1.807) is 0 Å². The minimum Gasteiger partial charge on any atom is -0.462 e. The lowest BCUT2D eigenvalue weighted by molar-refractivity contribution is -0.167. The highest BCUT2D eigenvalue weighted by molar-refractivity contribution is 5.71. The summed E-state index contributed by atoms with van der Waals surface area (Å²) in [5, 5.41) is 0. The van der Waals surface area contributed by atoms with Crippen LogP contribution in [0.1, 0.15) is 310 Å². The van der Waals surface area contributed by atoms with Crippen LogP contribution in [0.25, 0.3) is 0 Å². The molecular weight excluding hydrogens is 985 g/mol. The number of hydrogen-bond acceptors (Lipinski definition) is 6. The third-order valence-electron chi connectivity index (χ3n) is 14.2. The minimum atomic E-state index is -0.788. The van der Waals surface area contributed by atoms with Gasteiger partial charge in [0.15, 0.2) is 6.10 Å². The van der Waals surface area contributed by atoms with Crippen LogP contribution in [0, 0.1) is 0 Å². The van der Waals surface area contributed by atoms with Crippen LogP contribution in [0.5, 0.6) is 0 Å². The smallest absolute Gasteiger partial charge is 0.306 e. The first kappa shape index (κ1) is 75.8. The summed E-state index contributed by atoms with van der Waals surface area (Å²) in [6.45, 7) is 6.36. The second kappa shape index (κ2) is 67.3. The molecule has 0 aliphatic heterocycles. The zero-order valence-corrected chi connectivity index (χ0v) is 52.3. The van der Waals surface area contributed by atoms with Crippen molar-refractivity contribution in [2.45, 2.75) is 316 Å². The highest BCUT2D eigenvalue weighted by atomic mass is 16.6. The molecule has 0 N–H and O–H groups in total. The lowest BCUT2D eigenvalue weighted by atomic mass is 10.0. The van der Waals surface area contributed by atoms with Crippen LogP contribution < -0.4 is 0 Å². The number of allylic oxidation sites excluding steroid dienone is 20. The summed E-state index contributed by atoms with van der Waals surface area (Å²) in [6.07, 6.45) is 93.7. The third-order valence-corrected chi connectivity index (χ3v) is 14.2. The van der Waals surface area contributed by atoms with Gasteiger partial charge in [-0.3, -0.25) is 14.4 Å². The molecule has 6 heteroatoms. The fourth-order valence-corrected chi connectivity index (χ4v) is 9.23. The van der Waals surface area contributed by atoms with Gasteiger partial charge >= 0.3 is 17.9 Å². The van der Waals surface area contributed by atoms with E-state index in [-0.39, 0.29) is 31.1 Å². The zero-order valence-electron chi connectivity index (χ0n) is 52.3. The summed E-state index contributed by atoms with van der Waals surface area (Å²) in [6, 6.07) is 0. The maximum absolute atomic E-state index is 12.9. The molecule has 1 unspecified atom stereocenters. The van der Waals surface area contributed by atoms with Gasteiger partial charge in [0.1, 0.15) is 13.2 Å². The molecule has 6 nitrogen and oxygen atoms in total. The lowest BCUT2D eigenvalue weighted by Crippen LogP contribution is -2.30. The van der Waals surface area contributed by atoms with Gasteiger partial charge in [0, 0.05) is 19.3 Å². The lowest BCUT2D eigenvalue weighted by Gasteiger charge is -2.18. The second-order valence-corrected chi connectivity index (χ2v) is 22.0. The van der Waals surface area contributed by atoms with E-state index < -0.39 is 6.10 Å². The molecule has 0 aromatic carbocycles. The number of esters is 3. The predicted octanol–water partition coefficient (Wildman–Crippen LogP) is 23.2. The van der Waals surface area contributed by atoms with Gasteiger partial charge in [0.05, 0.1) is 0 Å². The van der Waals surface area contributed by atoms with E-state index in [1.165, 1.54) is 135 Å². The normalized spacial score (nSPS) is 12.9. The molecule has 0 bridgehead atoms. The Morgan fingerprint density at radius 2 is 0.487 bits per heavy atom. The van der Waals surface area contributed by atoms with Crippen LogP contribution in [0.15, 0.2) is 122 Å². The molecule has 0 aromatic heterocycles. The highest BCUT2D eigenvalue weighted by Crippen LogP contribution is 2.16. The third kappa shape index (κ3) is 64.6. The summed E-state index contributed by atoms with van der Waals surface area (Å²) in [5.74, 6) is -0.894. The Morgan fingerprint density at radius 3 is 0.775 bits per heavy atom.